The minimum absolute atomic E-state index is 0.000714. The van der Waals surface area contributed by atoms with Gasteiger partial charge in [0.05, 0.1) is 38.6 Å². The minimum atomic E-state index is -2.20. The first-order chi connectivity index (χ1) is 35.5. The van der Waals surface area contributed by atoms with Crippen LogP contribution in [-0.4, -0.2) is 233 Å². The summed E-state index contributed by atoms with van der Waals surface area (Å²) in [4.78, 5) is 13.1. The van der Waals surface area contributed by atoms with Crippen molar-refractivity contribution < 1.29 is 114 Å². The van der Waals surface area contributed by atoms with Crippen molar-refractivity contribution in [2.75, 3.05) is 26.4 Å². The lowest BCUT2D eigenvalue weighted by atomic mass is 9.33. The number of aliphatic carboxylic acids is 1. The van der Waals surface area contributed by atoms with E-state index in [1.54, 1.807) is 0 Å². The monoisotopic (exact) mass is 1090 g/mol. The van der Waals surface area contributed by atoms with Gasteiger partial charge in [0.1, 0.15) is 85.5 Å². The van der Waals surface area contributed by atoms with E-state index in [0.717, 1.165) is 38.5 Å². The van der Waals surface area contributed by atoms with Crippen molar-refractivity contribution in [2.24, 2.45) is 50.2 Å². The van der Waals surface area contributed by atoms with Crippen molar-refractivity contribution in [3.63, 3.8) is 0 Å². The zero-order chi connectivity index (χ0) is 55.6. The Kier molecular flexibility index (Phi) is 16.5. The van der Waals surface area contributed by atoms with E-state index in [-0.39, 0.29) is 46.0 Å². The van der Waals surface area contributed by atoms with E-state index < -0.39 is 166 Å². The van der Waals surface area contributed by atoms with Gasteiger partial charge in [-0.3, -0.25) is 0 Å². The summed E-state index contributed by atoms with van der Waals surface area (Å²) in [6.45, 7) is 13.4. The fraction of sp³-hybridized carbons (Fsp3) is 0.943. The summed E-state index contributed by atoms with van der Waals surface area (Å²) in [5.41, 5.74) is -0.759. The number of carboxylic acid groups (broad SMARTS) is 1. The zero-order valence-corrected chi connectivity index (χ0v) is 44.6. The van der Waals surface area contributed by atoms with Gasteiger partial charge in [-0.25, -0.2) is 4.79 Å². The van der Waals surface area contributed by atoms with Crippen molar-refractivity contribution in [1.82, 2.24) is 0 Å². The number of carbonyl (C=O) groups is 1. The number of allylic oxidation sites excluding steroid dienone is 2. The molecular weight excluding hydrogens is 1000 g/mol. The van der Waals surface area contributed by atoms with E-state index in [2.05, 4.69) is 54.5 Å². The number of aliphatic hydroxyl groups is 13. The van der Waals surface area contributed by atoms with Gasteiger partial charge in [0, 0.05) is 5.41 Å². The summed E-state index contributed by atoms with van der Waals surface area (Å²) in [5.74, 6) is -1.47. The van der Waals surface area contributed by atoms with E-state index >= 15 is 0 Å². The first kappa shape index (κ1) is 59.0. The molecule has 23 heteroatoms. The highest BCUT2D eigenvalue weighted by molar-refractivity contribution is 5.73. The molecule has 4 saturated carbocycles. The third kappa shape index (κ3) is 9.46. The molecule has 4 aliphatic heterocycles. The van der Waals surface area contributed by atoms with E-state index in [9.17, 15) is 76.3 Å². The second-order valence-corrected chi connectivity index (χ2v) is 26.0. The second-order valence-electron chi connectivity index (χ2n) is 26.0. The van der Waals surface area contributed by atoms with Gasteiger partial charge in [0.2, 0.25) is 0 Å². The summed E-state index contributed by atoms with van der Waals surface area (Å²) >= 11 is 0. The van der Waals surface area contributed by atoms with Gasteiger partial charge in [-0.2, -0.15) is 0 Å². The SMILES string of the molecule is CC1(C)CC[C@]2(CO)[C@H](O)C[C@]3(C)C(=CC[C@H]4[C@@]5(C)CC[C@H](O[C@@H]6O[C@H](C(=O)O)[C@@H](O)[C@H](O[C@@H]7OC[C@@H](O)[C@H](O)[C@H]7O[C@@H]7O[C@H](CO)[C@@H](O)[C@H](O)[C@H]7O)[C@H]6O[C@@H]6O[C@H](CO)[C@H](O)[C@H](O)[C@H]6O)C(C)(C)[C@H]5CC[C@]43C)[C@H]2C1. The molecule has 9 rings (SSSR count). The van der Waals surface area contributed by atoms with Crippen LogP contribution in [0.1, 0.15) is 106 Å². The molecule has 0 aromatic rings. The summed E-state index contributed by atoms with van der Waals surface area (Å²) in [6, 6.07) is 0. The van der Waals surface area contributed by atoms with E-state index in [1.165, 1.54) is 5.57 Å². The topological polar surface area (TPSA) is 374 Å². The quantitative estimate of drug-likeness (QED) is 0.0753. The minimum Gasteiger partial charge on any atom is -0.479 e. The third-order valence-corrected chi connectivity index (χ3v) is 21.2. The van der Waals surface area contributed by atoms with Crippen LogP contribution in [-0.2, 0) is 42.7 Å². The molecule has 0 aromatic heterocycles. The predicted octanol–water partition coefficient (Wildman–Crippen LogP) is -1.86. The Labute approximate surface area is 442 Å². The van der Waals surface area contributed by atoms with Crippen LogP contribution in [0.3, 0.4) is 0 Å². The maximum atomic E-state index is 13.1. The largest absolute Gasteiger partial charge is 0.479 e. The van der Waals surface area contributed by atoms with Crippen molar-refractivity contribution in [2.45, 2.75) is 235 Å². The average molecular weight is 1090 g/mol. The zero-order valence-electron chi connectivity index (χ0n) is 44.6. The molecule has 0 radical (unpaired) electrons. The maximum Gasteiger partial charge on any atom is 0.335 e. The smallest absolute Gasteiger partial charge is 0.335 e. The van der Waals surface area contributed by atoms with Crippen molar-refractivity contribution >= 4 is 5.97 Å². The molecule has 76 heavy (non-hydrogen) atoms. The van der Waals surface area contributed by atoms with Gasteiger partial charge in [0.15, 0.2) is 31.3 Å². The summed E-state index contributed by atoms with van der Waals surface area (Å²) < 4.78 is 48.6. The second kappa shape index (κ2) is 21.3. The molecule has 0 bridgehead atoms. The lowest BCUT2D eigenvalue weighted by Crippen LogP contribution is -2.69. The molecule has 5 aliphatic carbocycles. The normalized spacial score (nSPS) is 54.0. The lowest BCUT2D eigenvalue weighted by molar-refractivity contribution is -0.401. The molecule has 0 unspecified atom stereocenters. The molecule has 9 aliphatic rings. The standard InChI is InChI=1S/C53H86O23/c1-48(2)14-15-53(21-56)23(16-48)22-8-9-28-50(5)12-11-30(49(3,4)27(50)10-13-51(28,6)52(22,7)17-29(53)58)72-47-42(76-45-37(65)35(63)33(61)26(19-55)71-45)39(38(66)40(74-47)43(67)68)73-46-41(31(59)24(57)20-69-46)75-44-36(64)34(62)32(60)25(18-54)70-44/h8,23-42,44-47,54-66H,9-21H2,1-7H3,(H,67,68)/t23-,24-,25-,26-,27-,28+,29-,30+,31+,32-,33+,34+,35+,36-,37-,38+,39+,40+,41-,42-,44+,45+,46+,47-,50+,51-,52-,53-/m1/s1. The molecule has 0 amide bonds. The summed E-state index contributed by atoms with van der Waals surface area (Å²) in [5, 5.41) is 153. The molecule has 4 heterocycles. The summed E-state index contributed by atoms with van der Waals surface area (Å²) in [6.07, 6.45) is -28.0. The van der Waals surface area contributed by atoms with Crippen LogP contribution in [0.4, 0.5) is 0 Å². The first-order valence-corrected chi connectivity index (χ1v) is 27.3. The van der Waals surface area contributed by atoms with Gasteiger partial charge < -0.3 is 109 Å². The molecule has 0 spiro atoms. The lowest BCUT2D eigenvalue weighted by Gasteiger charge is -2.72. The van der Waals surface area contributed by atoms with Gasteiger partial charge >= 0.3 is 5.97 Å². The Bertz CT molecular complexity index is 2090. The molecule has 28 atom stereocenters. The Morgan fingerprint density at radius 3 is 1.78 bits per heavy atom. The van der Waals surface area contributed by atoms with Crippen LogP contribution in [0.25, 0.3) is 0 Å². The number of rotatable bonds is 12. The van der Waals surface area contributed by atoms with Crippen LogP contribution in [0.2, 0.25) is 0 Å². The van der Waals surface area contributed by atoms with Crippen molar-refractivity contribution in [1.29, 1.82) is 0 Å². The maximum absolute atomic E-state index is 13.1. The number of hydrogen-bond donors (Lipinski definition) is 14. The fourth-order valence-corrected chi connectivity index (χ4v) is 16.4. The van der Waals surface area contributed by atoms with Crippen LogP contribution in [0.15, 0.2) is 11.6 Å². The molecule has 4 saturated heterocycles. The number of hydrogen-bond acceptors (Lipinski definition) is 22. The van der Waals surface area contributed by atoms with E-state index in [4.69, 9.17) is 37.9 Å². The van der Waals surface area contributed by atoms with E-state index in [1.807, 2.05) is 0 Å². The highest BCUT2D eigenvalue weighted by Crippen LogP contribution is 2.76. The highest BCUT2D eigenvalue weighted by atomic mass is 16.8. The number of ether oxygens (including phenoxy) is 8. The molecular formula is C53H86O23. The molecule has 23 nitrogen and oxygen atoms in total. The van der Waals surface area contributed by atoms with Gasteiger partial charge in [-0.1, -0.05) is 60.1 Å². The molecule has 8 fully saturated rings. The Morgan fingerprint density at radius 1 is 0.605 bits per heavy atom. The molecule has 14 N–H and O–H groups in total. The van der Waals surface area contributed by atoms with Crippen LogP contribution in [0, 0.1) is 50.2 Å². The number of carboxylic acids is 1. The van der Waals surface area contributed by atoms with Gasteiger partial charge in [0.25, 0.3) is 0 Å². The van der Waals surface area contributed by atoms with Crippen molar-refractivity contribution in [3.05, 3.63) is 11.6 Å². The number of aliphatic hydroxyl groups excluding tert-OH is 13. The van der Waals surface area contributed by atoms with Crippen LogP contribution < -0.4 is 0 Å². The van der Waals surface area contributed by atoms with Gasteiger partial charge in [-0.05, 0) is 103 Å². The first-order valence-electron chi connectivity index (χ1n) is 27.3. The Morgan fingerprint density at radius 2 is 1.20 bits per heavy atom. The Balaban J connectivity index is 1.03. The molecule has 436 valence electrons. The molecule has 0 aromatic carbocycles. The van der Waals surface area contributed by atoms with E-state index in [0.29, 0.717) is 19.3 Å². The summed E-state index contributed by atoms with van der Waals surface area (Å²) in [7, 11) is 0. The van der Waals surface area contributed by atoms with Crippen LogP contribution in [0.5, 0.6) is 0 Å². The Hall–Kier alpha value is -1.63. The highest BCUT2D eigenvalue weighted by Gasteiger charge is 2.70. The van der Waals surface area contributed by atoms with Gasteiger partial charge in [-0.15, -0.1) is 0 Å². The van der Waals surface area contributed by atoms with Crippen LogP contribution >= 0.6 is 0 Å². The average Bonchev–Trinajstić information content (AvgIpc) is 3.56. The predicted molar refractivity (Wildman–Crippen MR) is 259 cm³/mol. The number of fused-ring (bicyclic) bond motifs is 7. The third-order valence-electron chi connectivity index (χ3n) is 21.2. The van der Waals surface area contributed by atoms with Crippen molar-refractivity contribution in [3.8, 4) is 0 Å². The fourth-order valence-electron chi connectivity index (χ4n) is 16.4.